The van der Waals surface area contributed by atoms with E-state index in [0.717, 1.165) is 28.0 Å². The maximum Gasteiger partial charge on any atom is 0.490 e. The van der Waals surface area contributed by atoms with Crippen LogP contribution in [0.25, 0.3) is 10.8 Å². The van der Waals surface area contributed by atoms with Crippen LogP contribution in [-0.2, 0) is 4.79 Å². The van der Waals surface area contributed by atoms with Crippen molar-refractivity contribution < 1.29 is 28.2 Å². The Balaban J connectivity index is 0.000000225. The third-order valence-electron chi connectivity index (χ3n) is 3.37. The van der Waals surface area contributed by atoms with E-state index in [1.54, 1.807) is 22.4 Å². The molecule has 0 radical (unpaired) electrons. The zero-order valence-corrected chi connectivity index (χ0v) is 12.5. The third kappa shape index (κ3) is 3.32. The van der Waals surface area contributed by atoms with Crippen LogP contribution in [0.5, 0.6) is 5.75 Å². The number of phenols is 1. The largest absolute Gasteiger partial charge is 0.508 e. The monoisotopic (exact) mass is 352 g/mol. The average molecular weight is 352 g/mol. The van der Waals surface area contributed by atoms with Gasteiger partial charge in [0.2, 0.25) is 0 Å². The van der Waals surface area contributed by atoms with Crippen molar-refractivity contribution in [3.8, 4) is 5.75 Å². The summed E-state index contributed by atoms with van der Waals surface area (Å²) in [5.74, 6) is -2.52. The molecule has 0 spiro atoms. The van der Waals surface area contributed by atoms with E-state index in [0.29, 0.717) is 0 Å². The second-order valence-electron chi connectivity index (χ2n) is 5.10. The van der Waals surface area contributed by atoms with Crippen LogP contribution in [0.4, 0.5) is 13.2 Å². The van der Waals surface area contributed by atoms with Crippen molar-refractivity contribution in [2.24, 2.45) is 10.2 Å². The standard InChI is InChI=1S/C13H10N4O.C2HF3O2/c18-10-4-2-9-3-5-12-13(11(9)8-10)15-17-7-1-6-16(17)14-12;3-2(4,5)1(6)7/h1-5,7-8,18H,6H2;(H,6,7). The fourth-order valence-corrected chi connectivity index (χ4v) is 2.26. The molecule has 4 rings (SSSR count). The molecule has 2 aliphatic heterocycles. The lowest BCUT2D eigenvalue weighted by Gasteiger charge is -2.23. The van der Waals surface area contributed by atoms with Crippen LogP contribution >= 0.6 is 0 Å². The van der Waals surface area contributed by atoms with Crippen LogP contribution in [0.2, 0.25) is 0 Å². The van der Waals surface area contributed by atoms with Crippen molar-refractivity contribution in [3.05, 3.63) is 53.3 Å². The molecule has 0 amide bonds. The lowest BCUT2D eigenvalue weighted by atomic mass is 10.1. The van der Waals surface area contributed by atoms with Crippen LogP contribution in [0.15, 0.2) is 52.8 Å². The minimum atomic E-state index is -5.08. The summed E-state index contributed by atoms with van der Waals surface area (Å²) in [4.78, 5) is 8.90. The molecule has 0 saturated carbocycles. The zero-order valence-electron chi connectivity index (χ0n) is 12.5. The summed E-state index contributed by atoms with van der Waals surface area (Å²) < 4.78 is 31.7. The van der Waals surface area contributed by atoms with E-state index in [1.807, 2.05) is 30.5 Å². The molecule has 2 N–H and O–H groups in total. The highest BCUT2D eigenvalue weighted by atomic mass is 19.4. The number of hydrogen-bond donors (Lipinski definition) is 2. The number of carboxylic acids is 1. The Bertz CT molecular complexity index is 988. The molecule has 0 aliphatic carbocycles. The van der Waals surface area contributed by atoms with E-state index in [2.05, 4.69) is 10.2 Å². The number of hydrazine groups is 1. The van der Waals surface area contributed by atoms with Gasteiger partial charge < -0.3 is 10.2 Å². The number of aromatic hydroxyl groups is 1. The minimum absolute atomic E-state index is 0.241. The fourth-order valence-electron chi connectivity index (χ4n) is 2.26. The van der Waals surface area contributed by atoms with E-state index in [4.69, 9.17) is 9.90 Å². The molecule has 0 bridgehead atoms. The first-order chi connectivity index (χ1) is 11.8. The number of aliphatic carboxylic acids is 1. The molecule has 0 unspecified atom stereocenters. The third-order valence-corrected chi connectivity index (χ3v) is 3.37. The summed E-state index contributed by atoms with van der Waals surface area (Å²) in [5.41, 5.74) is 0. The summed E-state index contributed by atoms with van der Waals surface area (Å²) >= 11 is 0. The molecular formula is C15H11F3N4O3. The molecule has 25 heavy (non-hydrogen) atoms. The fraction of sp³-hybridized carbons (Fsp3) is 0.133. The predicted octanol–water partition coefficient (Wildman–Crippen LogP) is 1.31. The van der Waals surface area contributed by atoms with E-state index in [-0.39, 0.29) is 5.75 Å². The molecule has 0 aromatic heterocycles. The molecule has 2 aromatic carbocycles. The van der Waals surface area contributed by atoms with Gasteiger partial charge in [-0.2, -0.15) is 28.5 Å². The first kappa shape index (κ1) is 16.6. The number of hydrogen-bond acceptors (Lipinski definition) is 6. The van der Waals surface area contributed by atoms with E-state index >= 15 is 0 Å². The van der Waals surface area contributed by atoms with Gasteiger partial charge >= 0.3 is 12.1 Å². The number of benzene rings is 2. The Hall–Kier alpha value is -3.30. The van der Waals surface area contributed by atoms with Crippen LogP contribution in [0.3, 0.4) is 0 Å². The number of nitrogens with zero attached hydrogens (tertiary/aromatic N) is 4. The number of phenolic OH excluding ortho intramolecular Hbond substituents is 1. The Morgan fingerprint density at radius 1 is 1.16 bits per heavy atom. The number of rotatable bonds is 0. The first-order valence-corrected chi connectivity index (χ1v) is 6.98. The van der Waals surface area contributed by atoms with Gasteiger partial charge in [0.15, 0.2) is 0 Å². The van der Waals surface area contributed by atoms with Crippen molar-refractivity contribution in [3.63, 3.8) is 0 Å². The molecule has 7 nitrogen and oxygen atoms in total. The minimum Gasteiger partial charge on any atom is -0.508 e. The van der Waals surface area contributed by atoms with Crippen molar-refractivity contribution >= 4 is 16.7 Å². The number of carbonyl (C=O) groups is 1. The van der Waals surface area contributed by atoms with Gasteiger partial charge in [-0.05, 0) is 29.7 Å². The van der Waals surface area contributed by atoms with Crippen LogP contribution in [0, 0.1) is 0 Å². The molecule has 0 atom stereocenters. The lowest BCUT2D eigenvalue weighted by Crippen LogP contribution is -2.41. The molecular weight excluding hydrogens is 341 g/mol. The van der Waals surface area contributed by atoms with Crippen molar-refractivity contribution in [2.45, 2.75) is 6.18 Å². The van der Waals surface area contributed by atoms with Gasteiger partial charge in [0.05, 0.1) is 6.54 Å². The smallest absolute Gasteiger partial charge is 0.490 e. The van der Waals surface area contributed by atoms with Crippen molar-refractivity contribution in [1.29, 1.82) is 0 Å². The van der Waals surface area contributed by atoms with E-state index in [9.17, 15) is 18.3 Å². The van der Waals surface area contributed by atoms with Crippen LogP contribution in [0.1, 0.15) is 0 Å². The Morgan fingerprint density at radius 2 is 1.84 bits per heavy atom. The highest BCUT2D eigenvalue weighted by molar-refractivity contribution is 5.83. The summed E-state index contributed by atoms with van der Waals surface area (Å²) in [5, 5.41) is 32.9. The molecule has 0 saturated heterocycles. The number of carboxylic acid groups (broad SMARTS) is 1. The highest BCUT2D eigenvalue weighted by Gasteiger charge is 2.38. The second-order valence-corrected chi connectivity index (χ2v) is 5.10. The maximum atomic E-state index is 10.6. The summed E-state index contributed by atoms with van der Waals surface area (Å²) in [6.45, 7) is 0.737. The highest BCUT2D eigenvalue weighted by Crippen LogP contribution is 2.17. The maximum absolute atomic E-state index is 10.6. The Morgan fingerprint density at radius 3 is 2.52 bits per heavy atom. The topological polar surface area (TPSA) is 88.7 Å². The Kier molecular flexibility index (Phi) is 3.95. The predicted molar refractivity (Wildman–Crippen MR) is 79.3 cm³/mol. The second kappa shape index (κ2) is 5.96. The van der Waals surface area contributed by atoms with Gasteiger partial charge in [-0.3, -0.25) is 0 Å². The number of halogens is 3. The SMILES string of the molecule is O=C(O)C(F)(F)F.Oc1ccc2ccc3c(c2c1)=NN1C=CCN1N=3. The molecule has 2 aromatic rings. The molecule has 0 fully saturated rings. The van der Waals surface area contributed by atoms with Gasteiger partial charge in [0.25, 0.3) is 0 Å². The molecule has 2 aliphatic rings. The number of fused-ring (bicyclic) bond motifs is 4. The van der Waals surface area contributed by atoms with Gasteiger partial charge in [-0.25, -0.2) is 4.79 Å². The summed E-state index contributed by atoms with van der Waals surface area (Å²) in [6.07, 6.45) is -1.20. The van der Waals surface area contributed by atoms with Gasteiger partial charge in [0, 0.05) is 11.6 Å². The van der Waals surface area contributed by atoms with Crippen molar-refractivity contribution in [2.75, 3.05) is 6.54 Å². The zero-order chi connectivity index (χ0) is 18.2. The van der Waals surface area contributed by atoms with Crippen LogP contribution < -0.4 is 10.7 Å². The van der Waals surface area contributed by atoms with E-state index < -0.39 is 12.1 Å². The van der Waals surface area contributed by atoms with E-state index in [1.165, 1.54) is 0 Å². The quantitative estimate of drug-likeness (QED) is 0.746. The summed E-state index contributed by atoms with van der Waals surface area (Å²) in [6, 6.07) is 9.23. The van der Waals surface area contributed by atoms with Crippen molar-refractivity contribution in [1.82, 2.24) is 10.2 Å². The average Bonchev–Trinajstić information content (AvgIpc) is 2.99. The van der Waals surface area contributed by atoms with Crippen LogP contribution in [-0.4, -0.2) is 39.1 Å². The van der Waals surface area contributed by atoms with Gasteiger partial charge in [0.1, 0.15) is 16.5 Å². The first-order valence-electron chi connectivity index (χ1n) is 6.98. The molecule has 130 valence electrons. The molecule has 10 heteroatoms. The Labute approximate surface area is 138 Å². The summed E-state index contributed by atoms with van der Waals surface area (Å²) in [7, 11) is 0. The van der Waals surface area contributed by atoms with Gasteiger partial charge in [-0.15, -0.1) is 5.10 Å². The van der Waals surface area contributed by atoms with Gasteiger partial charge in [-0.1, -0.05) is 12.1 Å². The normalized spacial score (nSPS) is 14.8. The lowest BCUT2D eigenvalue weighted by molar-refractivity contribution is -0.192. The molecule has 2 heterocycles. The number of alkyl halides is 3.